The molecule has 0 bridgehead atoms. The lowest BCUT2D eigenvalue weighted by Gasteiger charge is -2.37. The highest BCUT2D eigenvalue weighted by Gasteiger charge is 2.30. The molecule has 0 unspecified atom stereocenters. The van der Waals surface area contributed by atoms with Gasteiger partial charge in [0.25, 0.3) is 5.91 Å². The second-order valence-corrected chi connectivity index (χ2v) is 9.16. The first kappa shape index (κ1) is 21.6. The van der Waals surface area contributed by atoms with Crippen LogP contribution >= 0.6 is 22.9 Å². The number of carbonyl (C=O) groups is 2. The van der Waals surface area contributed by atoms with E-state index in [1.165, 1.54) is 11.3 Å². The van der Waals surface area contributed by atoms with E-state index in [4.69, 9.17) is 11.6 Å². The van der Waals surface area contributed by atoms with Crippen molar-refractivity contribution in [3.05, 3.63) is 49.9 Å². The fraction of sp³-hybridized carbons (Fsp3) is 0.476. The van der Waals surface area contributed by atoms with Crippen molar-refractivity contribution < 1.29 is 9.59 Å². The van der Waals surface area contributed by atoms with Crippen molar-refractivity contribution in [1.82, 2.24) is 20.1 Å². The van der Waals surface area contributed by atoms with Crippen LogP contribution in [0, 0.1) is 20.8 Å². The third kappa shape index (κ3) is 5.08. The topological polar surface area (TPSA) is 65.5 Å². The number of amides is 3. The van der Waals surface area contributed by atoms with Crippen LogP contribution < -0.4 is 5.32 Å². The molecule has 2 heterocycles. The van der Waals surface area contributed by atoms with E-state index < -0.39 is 0 Å². The average Bonchev–Trinajstić information content (AvgIpc) is 3.05. The summed E-state index contributed by atoms with van der Waals surface area (Å²) in [5.74, 6) is 0.0169. The van der Waals surface area contributed by atoms with Crippen molar-refractivity contribution >= 4 is 34.9 Å². The summed E-state index contributed by atoms with van der Waals surface area (Å²) in [4.78, 5) is 34.2. The molecular weight excluding hydrogens is 408 g/mol. The molecule has 6 nitrogen and oxygen atoms in total. The van der Waals surface area contributed by atoms with Crippen molar-refractivity contribution in [3.63, 3.8) is 0 Å². The first-order valence-corrected chi connectivity index (χ1v) is 10.9. The van der Waals surface area contributed by atoms with Gasteiger partial charge >= 0.3 is 6.03 Å². The number of aromatic nitrogens is 1. The van der Waals surface area contributed by atoms with Crippen LogP contribution in [0.5, 0.6) is 0 Å². The molecule has 1 atom stereocenters. The number of thiazole rings is 1. The largest absolute Gasteiger partial charge is 0.336 e. The number of benzene rings is 1. The lowest BCUT2D eigenvalue weighted by atomic mass is 10.0. The van der Waals surface area contributed by atoms with E-state index in [9.17, 15) is 9.59 Å². The molecule has 156 valence electrons. The maximum absolute atomic E-state index is 12.9. The van der Waals surface area contributed by atoms with Gasteiger partial charge in [0.2, 0.25) is 0 Å². The highest BCUT2D eigenvalue weighted by Crippen LogP contribution is 2.23. The van der Waals surface area contributed by atoms with Gasteiger partial charge < -0.3 is 15.1 Å². The fourth-order valence-electron chi connectivity index (χ4n) is 3.61. The quantitative estimate of drug-likeness (QED) is 0.785. The molecule has 0 saturated carbocycles. The number of nitrogens with zero attached hydrogens (tertiary/aromatic N) is 3. The van der Waals surface area contributed by atoms with Crippen molar-refractivity contribution in [2.45, 2.75) is 46.2 Å². The van der Waals surface area contributed by atoms with Gasteiger partial charge in [-0.2, -0.15) is 0 Å². The summed E-state index contributed by atoms with van der Waals surface area (Å²) in [6.45, 7) is 7.42. The first-order chi connectivity index (χ1) is 13.8. The minimum absolute atomic E-state index is 0.00558. The molecule has 0 spiro atoms. The molecule has 1 aliphatic heterocycles. The summed E-state index contributed by atoms with van der Waals surface area (Å²) >= 11 is 7.49. The standard InChI is InChI=1S/C21H27ClN4O2S/c1-13-10-16(7-8-18(13)22)11-23-21(28)25(4)17-6-5-9-26(12-17)20(27)19-14(2)24-15(3)29-19/h7-8,10,17H,5-6,9,11-12H2,1-4H3,(H,23,28)/t17-/m1/s1. The van der Waals surface area contributed by atoms with Gasteiger partial charge in [-0.05, 0) is 50.8 Å². The lowest BCUT2D eigenvalue weighted by Crippen LogP contribution is -2.52. The Hall–Kier alpha value is -2.12. The lowest BCUT2D eigenvalue weighted by molar-refractivity contribution is 0.0640. The Labute approximate surface area is 180 Å². The summed E-state index contributed by atoms with van der Waals surface area (Å²) < 4.78 is 0. The summed E-state index contributed by atoms with van der Waals surface area (Å²) in [5, 5.41) is 4.58. The van der Waals surface area contributed by atoms with Crippen LogP contribution in [0.1, 0.15) is 44.3 Å². The highest BCUT2D eigenvalue weighted by atomic mass is 35.5. The molecule has 2 aromatic rings. The number of piperidine rings is 1. The Morgan fingerprint density at radius 3 is 2.76 bits per heavy atom. The third-order valence-corrected chi connectivity index (χ3v) is 6.80. The number of carbonyl (C=O) groups excluding carboxylic acids is 2. The number of aryl methyl sites for hydroxylation is 3. The normalized spacial score (nSPS) is 16.6. The zero-order valence-corrected chi connectivity index (χ0v) is 18.9. The molecule has 0 aliphatic carbocycles. The predicted molar refractivity (Wildman–Crippen MR) is 117 cm³/mol. The summed E-state index contributed by atoms with van der Waals surface area (Å²) in [5.41, 5.74) is 2.77. The second kappa shape index (κ2) is 9.13. The van der Waals surface area contributed by atoms with Gasteiger partial charge in [-0.3, -0.25) is 4.79 Å². The van der Waals surface area contributed by atoms with Crippen LogP contribution in [0.4, 0.5) is 4.79 Å². The van der Waals surface area contributed by atoms with E-state index in [0.29, 0.717) is 24.5 Å². The van der Waals surface area contributed by atoms with Crippen LogP contribution in [0.2, 0.25) is 5.02 Å². The minimum Gasteiger partial charge on any atom is -0.336 e. The number of likely N-dealkylation sites (tertiary alicyclic amines) is 1. The Morgan fingerprint density at radius 2 is 2.10 bits per heavy atom. The van der Waals surface area contributed by atoms with E-state index in [1.807, 2.05) is 43.9 Å². The van der Waals surface area contributed by atoms with Gasteiger partial charge in [-0.15, -0.1) is 11.3 Å². The van der Waals surface area contributed by atoms with Crippen LogP contribution in [0.3, 0.4) is 0 Å². The van der Waals surface area contributed by atoms with Crippen molar-refractivity contribution in [2.24, 2.45) is 0 Å². The van der Waals surface area contributed by atoms with Gasteiger partial charge in [-0.25, -0.2) is 9.78 Å². The molecule has 1 aliphatic rings. The molecule has 8 heteroatoms. The molecule has 1 N–H and O–H groups in total. The van der Waals surface area contributed by atoms with Gasteiger partial charge in [0.15, 0.2) is 0 Å². The number of rotatable bonds is 4. The third-order valence-electron chi connectivity index (χ3n) is 5.32. The predicted octanol–water partition coefficient (Wildman–Crippen LogP) is 4.17. The molecule has 3 rings (SSSR count). The summed E-state index contributed by atoms with van der Waals surface area (Å²) in [6.07, 6.45) is 1.76. The SMILES string of the molecule is Cc1nc(C)c(C(=O)N2CCC[C@@H](N(C)C(=O)NCc3ccc(Cl)c(C)c3)C2)s1. The van der Waals surface area contributed by atoms with E-state index >= 15 is 0 Å². The maximum atomic E-state index is 12.9. The maximum Gasteiger partial charge on any atom is 0.317 e. The smallest absolute Gasteiger partial charge is 0.317 e. The van der Waals surface area contributed by atoms with Crippen molar-refractivity contribution in [3.8, 4) is 0 Å². The molecule has 1 fully saturated rings. The van der Waals surface area contributed by atoms with Gasteiger partial charge in [0.1, 0.15) is 4.88 Å². The Bertz CT molecular complexity index is 914. The van der Waals surface area contributed by atoms with E-state index in [1.54, 1.807) is 11.9 Å². The van der Waals surface area contributed by atoms with Crippen LogP contribution in [-0.2, 0) is 6.54 Å². The number of nitrogens with one attached hydrogen (secondary N) is 1. The summed E-state index contributed by atoms with van der Waals surface area (Å²) in [6, 6.07) is 5.59. The Morgan fingerprint density at radius 1 is 1.34 bits per heavy atom. The van der Waals surface area contributed by atoms with E-state index in [2.05, 4.69) is 10.3 Å². The fourth-order valence-corrected chi connectivity index (χ4v) is 4.62. The zero-order chi connectivity index (χ0) is 21.1. The average molecular weight is 435 g/mol. The Balaban J connectivity index is 1.59. The molecule has 3 amide bonds. The number of urea groups is 1. The Kier molecular flexibility index (Phi) is 6.80. The van der Waals surface area contributed by atoms with E-state index in [-0.39, 0.29) is 18.0 Å². The molecule has 29 heavy (non-hydrogen) atoms. The van der Waals surface area contributed by atoms with Crippen LogP contribution in [0.15, 0.2) is 18.2 Å². The minimum atomic E-state index is -0.137. The molecule has 1 saturated heterocycles. The van der Waals surface area contributed by atoms with Gasteiger partial charge in [-0.1, -0.05) is 23.7 Å². The first-order valence-electron chi connectivity index (χ1n) is 9.75. The molecule has 1 aromatic heterocycles. The number of halogens is 1. The van der Waals surface area contributed by atoms with Gasteiger partial charge in [0, 0.05) is 31.7 Å². The second-order valence-electron chi connectivity index (χ2n) is 7.55. The number of hydrogen-bond donors (Lipinski definition) is 1. The molecule has 0 radical (unpaired) electrons. The highest BCUT2D eigenvalue weighted by molar-refractivity contribution is 7.13. The van der Waals surface area contributed by atoms with Crippen LogP contribution in [0.25, 0.3) is 0 Å². The van der Waals surface area contributed by atoms with Gasteiger partial charge in [0.05, 0.1) is 16.7 Å². The van der Waals surface area contributed by atoms with Crippen molar-refractivity contribution in [2.75, 3.05) is 20.1 Å². The molecular formula is C21H27ClN4O2S. The number of likely N-dealkylation sites (N-methyl/N-ethyl adjacent to an activating group) is 1. The molecule has 1 aromatic carbocycles. The van der Waals surface area contributed by atoms with Crippen molar-refractivity contribution in [1.29, 1.82) is 0 Å². The number of hydrogen-bond acceptors (Lipinski definition) is 4. The van der Waals surface area contributed by atoms with Crippen LogP contribution in [-0.4, -0.2) is 52.9 Å². The summed E-state index contributed by atoms with van der Waals surface area (Å²) in [7, 11) is 1.79. The zero-order valence-electron chi connectivity index (χ0n) is 17.3. The van der Waals surface area contributed by atoms with E-state index in [0.717, 1.165) is 39.7 Å². The monoisotopic (exact) mass is 434 g/mol.